The Balaban J connectivity index is 2.89. The van der Waals surface area contributed by atoms with Crippen molar-refractivity contribution in [1.82, 2.24) is 0 Å². The Morgan fingerprint density at radius 3 is 2.07 bits per heavy atom. The lowest BCUT2D eigenvalue weighted by molar-refractivity contribution is -0.216. The first-order valence-corrected chi connectivity index (χ1v) is 6.65. The Kier molecular flexibility index (Phi) is 12.4. The van der Waals surface area contributed by atoms with E-state index in [0.717, 1.165) is 6.42 Å². The van der Waals surface area contributed by atoms with Gasteiger partial charge in [0.2, 0.25) is 0 Å². The lowest BCUT2D eigenvalue weighted by Crippen LogP contribution is -1.98. The van der Waals surface area contributed by atoms with E-state index in [1.165, 1.54) is 44.9 Å². The van der Waals surface area contributed by atoms with E-state index in [0.29, 0.717) is 6.61 Å². The quantitative estimate of drug-likeness (QED) is 0.205. The molecule has 0 aliphatic carbocycles. The van der Waals surface area contributed by atoms with Crippen LogP contribution in [0.25, 0.3) is 0 Å². The fourth-order valence-electron chi connectivity index (χ4n) is 1.39. The van der Waals surface area contributed by atoms with E-state index < -0.39 is 0 Å². The minimum absolute atomic E-state index is 0.148. The molecule has 0 N–H and O–H groups in total. The normalized spacial score (nSPS) is 10.3. The van der Waals surface area contributed by atoms with Crippen molar-refractivity contribution in [3.05, 3.63) is 0 Å². The molecule has 0 rings (SSSR count). The number of thiol groups is 1. The molecule has 4 heteroatoms. The first-order chi connectivity index (χ1) is 7.27. The maximum absolute atomic E-state index is 4.82. The van der Waals surface area contributed by atoms with Crippen LogP contribution in [0, 0.1) is 0 Å². The zero-order chi connectivity index (χ0) is 11.4. The highest BCUT2D eigenvalue weighted by Gasteiger charge is 1.93. The highest BCUT2D eigenvalue weighted by molar-refractivity contribution is 8.10. The number of rotatable bonds is 10. The predicted octanol–water partition coefficient (Wildman–Crippen LogP) is 4.29. The van der Waals surface area contributed by atoms with Crippen LogP contribution in [-0.4, -0.2) is 11.0 Å². The summed E-state index contributed by atoms with van der Waals surface area (Å²) in [7, 11) is 0. The van der Waals surface area contributed by atoms with Gasteiger partial charge in [-0.25, -0.2) is 0 Å². The maximum Gasteiger partial charge on any atom is 0.260 e. The van der Waals surface area contributed by atoms with Crippen LogP contribution in [-0.2, 0) is 9.78 Å². The van der Waals surface area contributed by atoms with Crippen molar-refractivity contribution >= 4 is 29.2 Å². The monoisotopic (exact) mass is 250 g/mol. The van der Waals surface area contributed by atoms with E-state index in [2.05, 4.69) is 36.7 Å². The van der Waals surface area contributed by atoms with Crippen molar-refractivity contribution in [3.63, 3.8) is 0 Å². The summed E-state index contributed by atoms with van der Waals surface area (Å²) in [5, 5.41) is 0. The summed E-state index contributed by atoms with van der Waals surface area (Å²) in [6.07, 6.45) is 10.3. The van der Waals surface area contributed by atoms with E-state index in [4.69, 9.17) is 4.89 Å². The van der Waals surface area contributed by atoms with Gasteiger partial charge in [-0.2, -0.15) is 4.89 Å². The molecule has 0 aromatic heterocycles. The average Bonchev–Trinajstić information content (AvgIpc) is 2.20. The van der Waals surface area contributed by atoms with Crippen LogP contribution in [0.1, 0.15) is 58.3 Å². The maximum atomic E-state index is 4.82. The van der Waals surface area contributed by atoms with Gasteiger partial charge in [0.15, 0.2) is 0 Å². The smallest absolute Gasteiger partial charge is 0.260 e. The Hall–Kier alpha value is 0.200. The molecule has 0 unspecified atom stereocenters. The second kappa shape index (κ2) is 12.3. The summed E-state index contributed by atoms with van der Waals surface area (Å²) in [5.74, 6) is 0. The van der Waals surface area contributed by atoms with Gasteiger partial charge in [-0.15, -0.1) is 0 Å². The molecule has 0 amide bonds. The average molecular weight is 250 g/mol. The minimum atomic E-state index is 0.148. The molecule has 2 nitrogen and oxygen atoms in total. The van der Waals surface area contributed by atoms with Crippen LogP contribution < -0.4 is 0 Å². The number of hydrogen-bond donors (Lipinski definition) is 1. The van der Waals surface area contributed by atoms with Gasteiger partial charge in [0.05, 0.1) is 6.61 Å². The number of unbranched alkanes of at least 4 members (excludes halogenated alkanes) is 7. The summed E-state index contributed by atoms with van der Waals surface area (Å²) >= 11 is 8.35. The topological polar surface area (TPSA) is 18.5 Å². The lowest BCUT2D eigenvalue weighted by atomic mass is 10.1. The van der Waals surface area contributed by atoms with Gasteiger partial charge >= 0.3 is 0 Å². The van der Waals surface area contributed by atoms with E-state index in [1.807, 2.05) is 0 Å². The Bertz CT molecular complexity index is 152. The standard InChI is InChI=1S/C11H22O2S2/c1-2-3-4-5-6-7-8-9-10-12-13-11(14)15/h2-10H2,1H3,(H,14,15). The molecular weight excluding hydrogens is 228 g/mol. The third-order valence-electron chi connectivity index (χ3n) is 2.21. The van der Waals surface area contributed by atoms with Crippen molar-refractivity contribution < 1.29 is 9.78 Å². The fourth-order valence-corrected chi connectivity index (χ4v) is 1.49. The second-order valence-corrected chi connectivity index (χ2v) is 4.73. The summed E-state index contributed by atoms with van der Waals surface area (Å²) in [5.41, 5.74) is 0. The molecule has 90 valence electrons. The van der Waals surface area contributed by atoms with Crippen LogP contribution in [0.2, 0.25) is 0 Å². The molecule has 0 radical (unpaired) electrons. The van der Waals surface area contributed by atoms with E-state index in [1.54, 1.807) is 0 Å². The van der Waals surface area contributed by atoms with Gasteiger partial charge in [0.1, 0.15) is 0 Å². The third kappa shape index (κ3) is 14.2. The molecular formula is C11H22O2S2. The zero-order valence-electron chi connectivity index (χ0n) is 9.54. The largest absolute Gasteiger partial charge is 0.319 e. The highest BCUT2D eigenvalue weighted by atomic mass is 32.1. The molecule has 15 heavy (non-hydrogen) atoms. The molecule has 0 atom stereocenters. The van der Waals surface area contributed by atoms with Gasteiger partial charge in [-0.05, 0) is 18.6 Å². The Morgan fingerprint density at radius 1 is 1.00 bits per heavy atom. The van der Waals surface area contributed by atoms with E-state index in [-0.39, 0.29) is 4.38 Å². The minimum Gasteiger partial charge on any atom is -0.319 e. The molecule has 0 aromatic carbocycles. The third-order valence-corrected chi connectivity index (χ3v) is 2.35. The zero-order valence-corrected chi connectivity index (χ0v) is 11.2. The van der Waals surface area contributed by atoms with Crippen molar-refractivity contribution in [1.29, 1.82) is 0 Å². The number of thiocarbonyl (C=S) groups is 1. The molecule has 0 aliphatic rings. The molecule has 0 spiro atoms. The highest BCUT2D eigenvalue weighted by Crippen LogP contribution is 2.08. The van der Waals surface area contributed by atoms with Gasteiger partial charge in [0.25, 0.3) is 4.38 Å². The predicted molar refractivity (Wildman–Crippen MR) is 71.2 cm³/mol. The fraction of sp³-hybridized carbons (Fsp3) is 0.909. The summed E-state index contributed by atoms with van der Waals surface area (Å²) < 4.78 is 0.148. The van der Waals surface area contributed by atoms with Gasteiger partial charge < -0.3 is 4.89 Å². The molecule has 0 aliphatic heterocycles. The molecule has 0 saturated heterocycles. The molecule has 0 fully saturated rings. The first kappa shape index (κ1) is 15.2. The van der Waals surface area contributed by atoms with Crippen LogP contribution in [0.3, 0.4) is 0 Å². The molecule has 0 aromatic rings. The van der Waals surface area contributed by atoms with Crippen LogP contribution in [0.5, 0.6) is 0 Å². The summed E-state index contributed by atoms with van der Waals surface area (Å²) in [6, 6.07) is 0. The Labute approximate surface area is 104 Å². The SMILES string of the molecule is CCCCCCCCCCOOC(=S)S. The van der Waals surface area contributed by atoms with Crippen molar-refractivity contribution in [2.45, 2.75) is 58.3 Å². The lowest BCUT2D eigenvalue weighted by Gasteiger charge is -2.02. The molecule has 0 saturated carbocycles. The summed E-state index contributed by atoms with van der Waals surface area (Å²) in [4.78, 5) is 9.42. The van der Waals surface area contributed by atoms with Crippen LogP contribution in [0.15, 0.2) is 0 Å². The van der Waals surface area contributed by atoms with Gasteiger partial charge in [-0.3, -0.25) is 0 Å². The Morgan fingerprint density at radius 2 is 1.53 bits per heavy atom. The van der Waals surface area contributed by atoms with Crippen molar-refractivity contribution in [2.24, 2.45) is 0 Å². The first-order valence-electron chi connectivity index (χ1n) is 5.79. The van der Waals surface area contributed by atoms with Gasteiger partial charge in [0, 0.05) is 0 Å². The van der Waals surface area contributed by atoms with E-state index in [9.17, 15) is 0 Å². The van der Waals surface area contributed by atoms with Crippen LogP contribution in [0.4, 0.5) is 0 Å². The second-order valence-electron chi connectivity index (χ2n) is 3.65. The summed E-state index contributed by atoms with van der Waals surface area (Å²) in [6.45, 7) is 2.85. The molecule has 0 bridgehead atoms. The molecule has 0 heterocycles. The van der Waals surface area contributed by atoms with Crippen LogP contribution >= 0.6 is 24.8 Å². The van der Waals surface area contributed by atoms with Crippen molar-refractivity contribution in [3.8, 4) is 0 Å². The van der Waals surface area contributed by atoms with E-state index >= 15 is 0 Å². The number of hydrogen-bond acceptors (Lipinski definition) is 3. The van der Waals surface area contributed by atoms with Gasteiger partial charge in [-0.1, -0.05) is 64.5 Å². The van der Waals surface area contributed by atoms with Crippen molar-refractivity contribution in [2.75, 3.05) is 6.61 Å².